The second kappa shape index (κ2) is 10.1. The average Bonchev–Trinajstić information content (AvgIpc) is 3.27. The van der Waals surface area contributed by atoms with Crippen LogP contribution in [0.1, 0.15) is 42.6 Å². The van der Waals surface area contributed by atoms with Crippen molar-refractivity contribution < 1.29 is 19.1 Å². The van der Waals surface area contributed by atoms with Crippen LogP contribution in [0.4, 0.5) is 10.5 Å². The molecule has 0 aliphatic heterocycles. The largest absolute Gasteiger partial charge is 0.444 e. The number of Topliss-reactive ketones (excluding diaryl/α,β-unsaturated/α-hetero) is 1. The summed E-state index contributed by atoms with van der Waals surface area (Å²) in [5, 5.41) is 6.06. The monoisotopic (exact) mass is 564 g/mol. The Balaban J connectivity index is 1.69. The highest BCUT2D eigenvalue weighted by Gasteiger charge is 2.67. The van der Waals surface area contributed by atoms with Crippen molar-refractivity contribution >= 4 is 81.5 Å². The number of alkyl carbamates (subject to hydrolysis) is 1. The van der Waals surface area contributed by atoms with Gasteiger partial charge < -0.3 is 15.4 Å². The first-order chi connectivity index (χ1) is 15.7. The number of amides is 2. The van der Waals surface area contributed by atoms with E-state index in [0.717, 1.165) is 0 Å². The number of hydrogen-bond donors (Lipinski definition) is 2. The van der Waals surface area contributed by atoms with Gasteiger partial charge in [0.15, 0.2) is 5.78 Å². The minimum atomic E-state index is -1.35. The van der Waals surface area contributed by atoms with Gasteiger partial charge in [-0.15, -0.1) is 23.2 Å². The summed E-state index contributed by atoms with van der Waals surface area (Å²) in [6.45, 7) is 4.79. The van der Waals surface area contributed by atoms with Crippen molar-refractivity contribution in [3.05, 3.63) is 62.6 Å². The smallest absolute Gasteiger partial charge is 0.408 e. The number of carbonyl (C=O) groups excluding carboxylic acids is 3. The number of ketones is 1. The Morgan fingerprint density at radius 3 is 2.21 bits per heavy atom. The van der Waals surface area contributed by atoms with Crippen molar-refractivity contribution in [3.8, 4) is 0 Å². The van der Waals surface area contributed by atoms with E-state index < -0.39 is 39.6 Å². The third-order valence-electron chi connectivity index (χ3n) is 4.91. The first kappa shape index (κ1) is 26.9. The molecule has 6 nitrogen and oxygen atoms in total. The summed E-state index contributed by atoms with van der Waals surface area (Å²) in [5.74, 6) is -2.19. The highest BCUT2D eigenvalue weighted by molar-refractivity contribution is 6.53. The Labute approximate surface area is 222 Å². The minimum absolute atomic E-state index is 0.118. The molecule has 2 unspecified atom stereocenters. The molecule has 2 amide bonds. The van der Waals surface area contributed by atoms with Gasteiger partial charge in [-0.1, -0.05) is 34.8 Å². The molecule has 2 aromatic carbocycles. The van der Waals surface area contributed by atoms with Gasteiger partial charge in [-0.2, -0.15) is 0 Å². The Bertz CT molecular complexity index is 1130. The predicted octanol–water partition coefficient (Wildman–Crippen LogP) is 6.88. The van der Waals surface area contributed by atoms with Crippen molar-refractivity contribution in [3.63, 3.8) is 0 Å². The fourth-order valence-corrected chi connectivity index (χ4v) is 5.01. The number of rotatable bonds is 6. The van der Waals surface area contributed by atoms with Gasteiger partial charge in [-0.3, -0.25) is 9.59 Å². The molecule has 1 saturated carbocycles. The van der Waals surface area contributed by atoms with Gasteiger partial charge in [0.1, 0.15) is 9.93 Å². The van der Waals surface area contributed by atoms with E-state index in [-0.39, 0.29) is 17.1 Å². The number of benzene rings is 2. The lowest BCUT2D eigenvalue weighted by Gasteiger charge is -2.19. The molecule has 34 heavy (non-hydrogen) atoms. The number of carbonyl (C=O) groups is 3. The van der Waals surface area contributed by atoms with Crippen molar-refractivity contribution in [2.45, 2.75) is 36.6 Å². The molecule has 11 heteroatoms. The molecule has 0 radical (unpaired) electrons. The van der Waals surface area contributed by atoms with Gasteiger partial charge in [0.25, 0.3) is 0 Å². The quantitative estimate of drug-likeness (QED) is 0.295. The van der Waals surface area contributed by atoms with E-state index in [2.05, 4.69) is 10.6 Å². The number of hydrogen-bond acceptors (Lipinski definition) is 4. The van der Waals surface area contributed by atoms with Gasteiger partial charge >= 0.3 is 6.09 Å². The normalized spacial score (nSPS) is 18.7. The maximum Gasteiger partial charge on any atom is 0.408 e. The summed E-state index contributed by atoms with van der Waals surface area (Å²) >= 11 is 31.1. The van der Waals surface area contributed by atoms with Crippen molar-refractivity contribution in [1.82, 2.24) is 5.32 Å². The Morgan fingerprint density at radius 1 is 1.00 bits per heavy atom. The zero-order chi connectivity index (χ0) is 25.4. The summed E-state index contributed by atoms with van der Waals surface area (Å²) < 4.78 is 3.76. The van der Waals surface area contributed by atoms with Crippen LogP contribution >= 0.6 is 58.0 Å². The molecule has 1 aliphatic rings. The number of nitrogens with one attached hydrogen (secondary N) is 2. The second-order valence-corrected chi connectivity index (χ2v) is 11.5. The van der Waals surface area contributed by atoms with Crippen LogP contribution in [0.2, 0.25) is 15.1 Å². The summed E-state index contributed by atoms with van der Waals surface area (Å²) in [5.41, 5.74) is 0.371. The summed E-state index contributed by atoms with van der Waals surface area (Å²) in [4.78, 5) is 37.3. The van der Waals surface area contributed by atoms with Crippen LogP contribution in [0.15, 0.2) is 36.4 Å². The second-order valence-electron chi connectivity index (χ2n) is 8.80. The van der Waals surface area contributed by atoms with Crippen LogP contribution in [-0.2, 0) is 9.53 Å². The molecule has 2 atom stereocenters. The topological polar surface area (TPSA) is 84.5 Å². The highest BCUT2D eigenvalue weighted by atomic mass is 35.5. The molecule has 0 heterocycles. The Morgan fingerprint density at radius 2 is 1.62 bits per heavy atom. The molecule has 0 saturated heterocycles. The zero-order valence-corrected chi connectivity index (χ0v) is 22.1. The molecule has 3 rings (SSSR count). The number of alkyl halides is 2. The first-order valence-corrected chi connectivity index (χ1v) is 12.0. The molecule has 1 aliphatic carbocycles. The fourth-order valence-electron chi connectivity index (χ4n) is 3.42. The van der Waals surface area contributed by atoms with Gasteiger partial charge in [0.2, 0.25) is 5.91 Å². The standard InChI is InChI=1S/C23H21Cl5N2O4/c1-22(2,3)34-21(33)29-10-17(31)15-9-14(4-5-16(15)26)30-20(32)19-18(23(19,27)28)11-6-12(24)8-13(25)7-11/h4-9,18-19H,10H2,1-3H3,(H,29,33)(H,30,32). The van der Waals surface area contributed by atoms with Crippen molar-refractivity contribution in [2.24, 2.45) is 5.92 Å². The maximum absolute atomic E-state index is 12.9. The molecule has 0 spiro atoms. The van der Waals surface area contributed by atoms with Crippen LogP contribution in [0.5, 0.6) is 0 Å². The maximum atomic E-state index is 12.9. The summed E-state index contributed by atoms with van der Waals surface area (Å²) in [7, 11) is 0. The molecule has 182 valence electrons. The summed E-state index contributed by atoms with van der Waals surface area (Å²) in [6.07, 6.45) is -0.733. The molecule has 1 fully saturated rings. The van der Waals surface area contributed by atoms with Crippen molar-refractivity contribution in [2.75, 3.05) is 11.9 Å². The highest BCUT2D eigenvalue weighted by Crippen LogP contribution is 2.65. The van der Waals surface area contributed by atoms with E-state index in [4.69, 9.17) is 62.7 Å². The molecule has 0 bridgehead atoms. The average molecular weight is 567 g/mol. The van der Waals surface area contributed by atoms with Crippen molar-refractivity contribution in [1.29, 1.82) is 0 Å². The van der Waals surface area contributed by atoms with Crippen LogP contribution in [0, 0.1) is 5.92 Å². The lowest BCUT2D eigenvalue weighted by molar-refractivity contribution is -0.117. The Hall–Kier alpha value is -1.70. The van der Waals surface area contributed by atoms with E-state index in [0.29, 0.717) is 21.3 Å². The van der Waals surface area contributed by atoms with E-state index in [1.54, 1.807) is 39.0 Å². The van der Waals surface area contributed by atoms with Gasteiger partial charge in [0.05, 0.1) is 17.5 Å². The van der Waals surface area contributed by atoms with E-state index in [1.165, 1.54) is 18.2 Å². The van der Waals surface area contributed by atoms with E-state index >= 15 is 0 Å². The van der Waals surface area contributed by atoms with E-state index in [1.807, 2.05) is 0 Å². The van der Waals surface area contributed by atoms with Crippen LogP contribution in [-0.4, -0.2) is 34.3 Å². The Kier molecular flexibility index (Phi) is 8.00. The van der Waals surface area contributed by atoms with Gasteiger partial charge in [-0.25, -0.2) is 4.79 Å². The van der Waals surface area contributed by atoms with E-state index in [9.17, 15) is 14.4 Å². The molecular weight excluding hydrogens is 546 g/mol. The van der Waals surface area contributed by atoms with Gasteiger partial charge in [-0.05, 0) is 62.7 Å². The zero-order valence-electron chi connectivity index (χ0n) is 18.3. The molecule has 2 aromatic rings. The lowest BCUT2D eigenvalue weighted by Crippen LogP contribution is -2.35. The van der Waals surface area contributed by atoms with Crippen LogP contribution in [0.3, 0.4) is 0 Å². The van der Waals surface area contributed by atoms with Crippen LogP contribution < -0.4 is 10.6 Å². The summed E-state index contributed by atoms with van der Waals surface area (Å²) in [6, 6.07) is 9.29. The molecular formula is C23H21Cl5N2O4. The lowest BCUT2D eigenvalue weighted by atomic mass is 10.1. The fraction of sp³-hybridized carbons (Fsp3) is 0.348. The third kappa shape index (κ3) is 6.49. The minimum Gasteiger partial charge on any atom is -0.444 e. The van der Waals surface area contributed by atoms with Crippen LogP contribution in [0.25, 0.3) is 0 Å². The first-order valence-electron chi connectivity index (χ1n) is 10.1. The number of ether oxygens (including phenoxy) is 1. The number of halogens is 5. The number of anilines is 1. The predicted molar refractivity (Wildman–Crippen MR) is 136 cm³/mol. The van der Waals surface area contributed by atoms with Gasteiger partial charge in [0, 0.05) is 27.2 Å². The SMILES string of the molecule is CC(C)(C)OC(=O)NCC(=O)c1cc(NC(=O)C2C(c3cc(Cl)cc(Cl)c3)C2(Cl)Cl)ccc1Cl. The molecule has 0 aromatic heterocycles. The third-order valence-corrected chi connectivity index (χ3v) is 6.61. The molecule has 2 N–H and O–H groups in total.